The first kappa shape index (κ1) is 14.8. The molecule has 1 unspecified atom stereocenters. The maximum absolute atomic E-state index is 12.0. The van der Waals surface area contributed by atoms with Crippen molar-refractivity contribution in [2.45, 2.75) is 37.9 Å². The number of rotatable bonds is 6. The zero-order chi connectivity index (χ0) is 13.6. The lowest BCUT2D eigenvalue weighted by Crippen LogP contribution is -2.23. The fourth-order valence-corrected chi connectivity index (χ4v) is 1.62. The summed E-state index contributed by atoms with van der Waals surface area (Å²) in [6.07, 6.45) is -2.31. The Labute approximate surface area is 104 Å². The van der Waals surface area contributed by atoms with Crippen LogP contribution in [0.1, 0.15) is 24.8 Å². The van der Waals surface area contributed by atoms with Crippen LogP contribution in [0.4, 0.5) is 13.2 Å². The predicted octanol–water partition coefficient (Wildman–Crippen LogP) is 2.69. The standard InChI is InChI=1S/C12H17F3N2O/c1-18-11-5-4-9(8-17-11)7-10(16)3-2-6-12(13,14)15/h4-5,8,10H,2-3,6-7,16H2,1H3. The van der Waals surface area contributed by atoms with Gasteiger partial charge in [-0.1, -0.05) is 6.07 Å². The maximum Gasteiger partial charge on any atom is 0.389 e. The number of nitrogens with two attached hydrogens (primary N) is 1. The zero-order valence-electron chi connectivity index (χ0n) is 10.2. The van der Waals surface area contributed by atoms with Gasteiger partial charge in [0.1, 0.15) is 0 Å². The van der Waals surface area contributed by atoms with Crippen LogP contribution >= 0.6 is 0 Å². The second kappa shape index (κ2) is 6.58. The van der Waals surface area contributed by atoms with Gasteiger partial charge in [-0.3, -0.25) is 0 Å². The minimum Gasteiger partial charge on any atom is -0.481 e. The highest BCUT2D eigenvalue weighted by atomic mass is 19.4. The Kier molecular flexibility index (Phi) is 5.40. The van der Waals surface area contributed by atoms with Crippen molar-refractivity contribution in [2.24, 2.45) is 5.73 Å². The van der Waals surface area contributed by atoms with E-state index in [0.29, 0.717) is 18.7 Å². The van der Waals surface area contributed by atoms with Crippen molar-refractivity contribution >= 4 is 0 Å². The summed E-state index contributed by atoms with van der Waals surface area (Å²) < 4.78 is 40.8. The predicted molar refractivity (Wildman–Crippen MR) is 62.4 cm³/mol. The molecule has 6 heteroatoms. The average molecular weight is 262 g/mol. The second-order valence-corrected chi connectivity index (χ2v) is 4.18. The third-order valence-corrected chi connectivity index (χ3v) is 2.54. The van der Waals surface area contributed by atoms with Crippen molar-refractivity contribution in [2.75, 3.05) is 7.11 Å². The molecule has 0 fully saturated rings. The van der Waals surface area contributed by atoms with Crippen LogP contribution in [0.15, 0.2) is 18.3 Å². The summed E-state index contributed by atoms with van der Waals surface area (Å²) in [7, 11) is 1.52. The van der Waals surface area contributed by atoms with E-state index in [1.54, 1.807) is 12.3 Å². The Hall–Kier alpha value is -1.30. The number of hydrogen-bond donors (Lipinski definition) is 1. The van der Waals surface area contributed by atoms with Gasteiger partial charge in [-0.2, -0.15) is 13.2 Å². The SMILES string of the molecule is COc1ccc(CC(N)CCCC(F)(F)F)cn1. The summed E-state index contributed by atoms with van der Waals surface area (Å²) in [5.74, 6) is 0.504. The molecule has 1 atom stereocenters. The van der Waals surface area contributed by atoms with Crippen molar-refractivity contribution < 1.29 is 17.9 Å². The Bertz CT molecular complexity index is 351. The molecule has 18 heavy (non-hydrogen) atoms. The molecular weight excluding hydrogens is 245 g/mol. The first-order chi connectivity index (χ1) is 8.40. The summed E-state index contributed by atoms with van der Waals surface area (Å²) in [4.78, 5) is 4.01. The minimum atomic E-state index is -4.10. The molecule has 0 radical (unpaired) electrons. The Morgan fingerprint density at radius 2 is 2.11 bits per heavy atom. The molecule has 0 aromatic carbocycles. The van der Waals surface area contributed by atoms with Crippen LogP contribution in [-0.4, -0.2) is 24.3 Å². The lowest BCUT2D eigenvalue weighted by Gasteiger charge is -2.12. The molecule has 0 amide bonds. The van der Waals surface area contributed by atoms with Crippen molar-refractivity contribution in [3.05, 3.63) is 23.9 Å². The monoisotopic (exact) mass is 262 g/mol. The summed E-state index contributed by atoms with van der Waals surface area (Å²) in [5.41, 5.74) is 6.68. The fourth-order valence-electron chi connectivity index (χ4n) is 1.62. The largest absolute Gasteiger partial charge is 0.481 e. The van der Waals surface area contributed by atoms with Crippen molar-refractivity contribution in [1.82, 2.24) is 4.98 Å². The van der Waals surface area contributed by atoms with Gasteiger partial charge < -0.3 is 10.5 Å². The number of halogens is 3. The van der Waals surface area contributed by atoms with Crippen LogP contribution in [0, 0.1) is 0 Å². The van der Waals surface area contributed by atoms with Crippen LogP contribution in [0.2, 0.25) is 0 Å². The molecule has 3 nitrogen and oxygen atoms in total. The lowest BCUT2D eigenvalue weighted by molar-refractivity contribution is -0.135. The van der Waals surface area contributed by atoms with E-state index in [1.165, 1.54) is 7.11 Å². The first-order valence-corrected chi connectivity index (χ1v) is 5.72. The highest BCUT2D eigenvalue weighted by Crippen LogP contribution is 2.22. The number of ether oxygens (including phenoxy) is 1. The molecule has 1 rings (SSSR count). The average Bonchev–Trinajstić information content (AvgIpc) is 2.28. The summed E-state index contributed by atoms with van der Waals surface area (Å²) >= 11 is 0. The van der Waals surface area contributed by atoms with Crippen LogP contribution < -0.4 is 10.5 Å². The quantitative estimate of drug-likeness (QED) is 0.857. The number of aromatic nitrogens is 1. The second-order valence-electron chi connectivity index (χ2n) is 4.18. The zero-order valence-corrected chi connectivity index (χ0v) is 10.2. The van der Waals surface area contributed by atoms with E-state index in [-0.39, 0.29) is 12.5 Å². The topological polar surface area (TPSA) is 48.1 Å². The van der Waals surface area contributed by atoms with E-state index in [1.807, 2.05) is 6.07 Å². The lowest BCUT2D eigenvalue weighted by atomic mass is 10.0. The Balaban J connectivity index is 2.32. The number of methoxy groups -OCH3 is 1. The first-order valence-electron chi connectivity index (χ1n) is 5.72. The highest BCUT2D eigenvalue weighted by Gasteiger charge is 2.26. The molecule has 1 heterocycles. The van der Waals surface area contributed by atoms with Crippen LogP contribution in [0.5, 0.6) is 5.88 Å². The molecule has 0 spiro atoms. The van der Waals surface area contributed by atoms with Crippen molar-refractivity contribution in [3.63, 3.8) is 0 Å². The van der Waals surface area contributed by atoms with Crippen molar-refractivity contribution in [1.29, 1.82) is 0 Å². The van der Waals surface area contributed by atoms with Gasteiger partial charge in [-0.25, -0.2) is 4.98 Å². The molecular formula is C12H17F3N2O. The smallest absolute Gasteiger partial charge is 0.389 e. The number of pyridine rings is 1. The third-order valence-electron chi connectivity index (χ3n) is 2.54. The van der Waals surface area contributed by atoms with Crippen LogP contribution in [0.25, 0.3) is 0 Å². The van der Waals surface area contributed by atoms with Gasteiger partial charge in [0.2, 0.25) is 5.88 Å². The molecule has 1 aromatic heterocycles. The normalized spacial score (nSPS) is 13.4. The molecule has 0 saturated carbocycles. The van der Waals surface area contributed by atoms with Gasteiger partial charge in [0.15, 0.2) is 0 Å². The van der Waals surface area contributed by atoms with Gasteiger partial charge in [0.25, 0.3) is 0 Å². The summed E-state index contributed by atoms with van der Waals surface area (Å²) in [6.45, 7) is 0. The van der Waals surface area contributed by atoms with Gasteiger partial charge in [-0.15, -0.1) is 0 Å². The third kappa shape index (κ3) is 5.86. The Morgan fingerprint density at radius 1 is 1.39 bits per heavy atom. The van der Waals surface area contributed by atoms with Gasteiger partial charge in [0.05, 0.1) is 7.11 Å². The molecule has 0 saturated heterocycles. The van der Waals surface area contributed by atoms with Crippen LogP contribution in [-0.2, 0) is 6.42 Å². The van der Waals surface area contributed by atoms with Gasteiger partial charge >= 0.3 is 6.18 Å². The number of nitrogens with zero attached hydrogens (tertiary/aromatic N) is 1. The number of hydrogen-bond acceptors (Lipinski definition) is 3. The molecule has 2 N–H and O–H groups in total. The summed E-state index contributed by atoms with van der Waals surface area (Å²) in [6, 6.07) is 3.25. The van der Waals surface area contributed by atoms with Gasteiger partial charge in [0, 0.05) is 24.7 Å². The molecule has 1 aromatic rings. The molecule has 0 aliphatic heterocycles. The number of alkyl halides is 3. The fraction of sp³-hybridized carbons (Fsp3) is 0.583. The van der Waals surface area contributed by atoms with E-state index in [4.69, 9.17) is 10.5 Å². The van der Waals surface area contributed by atoms with Crippen LogP contribution in [0.3, 0.4) is 0 Å². The van der Waals surface area contributed by atoms with E-state index < -0.39 is 12.6 Å². The van der Waals surface area contributed by atoms with E-state index in [9.17, 15) is 13.2 Å². The van der Waals surface area contributed by atoms with E-state index >= 15 is 0 Å². The van der Waals surface area contributed by atoms with Gasteiger partial charge in [-0.05, 0) is 24.8 Å². The van der Waals surface area contributed by atoms with E-state index in [0.717, 1.165) is 5.56 Å². The maximum atomic E-state index is 12.0. The molecule has 0 aliphatic rings. The van der Waals surface area contributed by atoms with Crippen molar-refractivity contribution in [3.8, 4) is 5.88 Å². The highest BCUT2D eigenvalue weighted by molar-refractivity contribution is 5.18. The Morgan fingerprint density at radius 3 is 2.61 bits per heavy atom. The summed E-state index contributed by atoms with van der Waals surface area (Å²) in [5, 5.41) is 0. The molecule has 102 valence electrons. The molecule has 0 bridgehead atoms. The van der Waals surface area contributed by atoms with E-state index in [2.05, 4.69) is 4.98 Å². The minimum absolute atomic E-state index is 0.0637. The molecule has 0 aliphatic carbocycles.